The van der Waals surface area contributed by atoms with Crippen LogP contribution in [0.5, 0.6) is 0 Å². The molecule has 0 aromatic carbocycles. The van der Waals surface area contributed by atoms with Gasteiger partial charge in [-0.15, -0.1) is 0 Å². The van der Waals surface area contributed by atoms with Crippen molar-refractivity contribution in [3.05, 3.63) is 12.2 Å². The van der Waals surface area contributed by atoms with Crippen molar-refractivity contribution in [1.29, 1.82) is 0 Å². The number of ether oxygens (including phenoxy) is 1. The van der Waals surface area contributed by atoms with Gasteiger partial charge >= 0.3 is 5.97 Å². The van der Waals surface area contributed by atoms with Crippen LogP contribution in [0.1, 0.15) is 110 Å². The van der Waals surface area contributed by atoms with Gasteiger partial charge in [-0.2, -0.15) is 0 Å². The zero-order chi connectivity index (χ0) is 19.3. The summed E-state index contributed by atoms with van der Waals surface area (Å²) in [6, 6.07) is 0. The van der Waals surface area contributed by atoms with Crippen molar-refractivity contribution < 1.29 is 14.3 Å². The number of hydrogen-bond donors (Lipinski definition) is 1. The zero-order valence-electron chi connectivity index (χ0n) is 17.0. The lowest BCUT2D eigenvalue weighted by molar-refractivity contribution is -0.138. The molecule has 152 valence electrons. The molecular formula is C22H41NO3. The molecule has 0 unspecified atom stereocenters. The fraction of sp³-hybridized carbons (Fsp3) is 0.818. The second kappa shape index (κ2) is 20.0. The maximum atomic E-state index is 11.2. The second-order valence-corrected chi connectivity index (χ2v) is 7.21. The summed E-state index contributed by atoms with van der Waals surface area (Å²) >= 11 is 0. The molecule has 0 heterocycles. The predicted octanol–water partition coefficient (Wildman–Crippen LogP) is 5.83. The zero-order valence-corrected chi connectivity index (χ0v) is 17.0. The van der Waals surface area contributed by atoms with Crippen LogP contribution in [0.2, 0.25) is 0 Å². The third-order valence-corrected chi connectivity index (χ3v) is 4.63. The SMILES string of the molecule is CCCCCCCCCCCCCCCCCCOC(=O)C=CC(N)=O. The Morgan fingerprint density at radius 3 is 1.42 bits per heavy atom. The van der Waals surface area contributed by atoms with E-state index in [0.29, 0.717) is 6.61 Å². The molecule has 4 heteroatoms. The highest BCUT2D eigenvalue weighted by molar-refractivity contribution is 5.93. The molecule has 1 amide bonds. The van der Waals surface area contributed by atoms with Gasteiger partial charge < -0.3 is 10.5 Å². The summed E-state index contributed by atoms with van der Waals surface area (Å²) in [5, 5.41) is 0. The average Bonchev–Trinajstić information content (AvgIpc) is 2.62. The molecule has 2 N–H and O–H groups in total. The first-order valence-electron chi connectivity index (χ1n) is 10.8. The Hall–Kier alpha value is -1.32. The fourth-order valence-corrected chi connectivity index (χ4v) is 3.02. The highest BCUT2D eigenvalue weighted by Gasteiger charge is 1.98. The van der Waals surface area contributed by atoms with Gasteiger partial charge in [0.05, 0.1) is 6.61 Å². The Labute approximate surface area is 160 Å². The van der Waals surface area contributed by atoms with Crippen LogP contribution in [0.4, 0.5) is 0 Å². The van der Waals surface area contributed by atoms with Gasteiger partial charge in [-0.25, -0.2) is 4.79 Å². The summed E-state index contributed by atoms with van der Waals surface area (Å²) < 4.78 is 4.98. The van der Waals surface area contributed by atoms with Gasteiger partial charge in [0.15, 0.2) is 0 Å². The summed E-state index contributed by atoms with van der Waals surface area (Å²) in [6.07, 6.45) is 23.2. The van der Waals surface area contributed by atoms with Gasteiger partial charge in [0.1, 0.15) is 0 Å². The van der Waals surface area contributed by atoms with Crippen LogP contribution in [0.15, 0.2) is 12.2 Å². The van der Waals surface area contributed by atoms with Crippen LogP contribution in [0.3, 0.4) is 0 Å². The van der Waals surface area contributed by atoms with Gasteiger partial charge in [-0.1, -0.05) is 103 Å². The van der Waals surface area contributed by atoms with Crippen molar-refractivity contribution in [2.75, 3.05) is 6.61 Å². The summed E-state index contributed by atoms with van der Waals surface area (Å²) in [5.74, 6) is -1.13. The quantitative estimate of drug-likeness (QED) is 0.177. The lowest BCUT2D eigenvalue weighted by atomic mass is 10.0. The largest absolute Gasteiger partial charge is 0.463 e. The molecule has 0 radical (unpaired) electrons. The smallest absolute Gasteiger partial charge is 0.330 e. The van der Waals surface area contributed by atoms with Gasteiger partial charge in [0, 0.05) is 12.2 Å². The topological polar surface area (TPSA) is 69.4 Å². The Bertz CT molecular complexity index is 366. The molecule has 0 spiro atoms. The number of carbonyl (C=O) groups excluding carboxylic acids is 2. The standard InChI is InChI=1S/C22H41NO3/c1-2-3-4-5-6-7-8-9-10-11-12-13-14-15-16-17-20-26-22(25)19-18-21(23)24/h18-19H,2-17,20H2,1H3,(H2,23,24). The van der Waals surface area contributed by atoms with Crippen molar-refractivity contribution in [3.63, 3.8) is 0 Å². The molecular weight excluding hydrogens is 326 g/mol. The van der Waals surface area contributed by atoms with Crippen molar-refractivity contribution in [1.82, 2.24) is 0 Å². The van der Waals surface area contributed by atoms with E-state index in [0.717, 1.165) is 25.0 Å². The number of carbonyl (C=O) groups is 2. The number of rotatable bonds is 19. The van der Waals surface area contributed by atoms with E-state index in [-0.39, 0.29) is 0 Å². The lowest BCUT2D eigenvalue weighted by Gasteiger charge is -2.04. The first-order chi connectivity index (χ1) is 12.7. The monoisotopic (exact) mass is 367 g/mol. The van der Waals surface area contributed by atoms with E-state index in [1.54, 1.807) is 0 Å². The molecule has 0 aliphatic heterocycles. The highest BCUT2D eigenvalue weighted by atomic mass is 16.5. The maximum Gasteiger partial charge on any atom is 0.330 e. The van der Waals surface area contributed by atoms with Crippen LogP contribution >= 0.6 is 0 Å². The van der Waals surface area contributed by atoms with E-state index in [1.165, 1.54) is 89.9 Å². The third kappa shape index (κ3) is 20.7. The Balaban J connectivity index is 3.13. The maximum absolute atomic E-state index is 11.2. The minimum atomic E-state index is -0.635. The Morgan fingerprint density at radius 1 is 0.654 bits per heavy atom. The lowest BCUT2D eigenvalue weighted by Crippen LogP contribution is -2.08. The predicted molar refractivity (Wildman–Crippen MR) is 109 cm³/mol. The molecule has 0 atom stereocenters. The molecule has 0 fully saturated rings. The number of esters is 1. The molecule has 0 saturated heterocycles. The number of unbranched alkanes of at least 4 members (excludes halogenated alkanes) is 15. The molecule has 0 bridgehead atoms. The van der Waals surface area contributed by atoms with Gasteiger partial charge in [0.25, 0.3) is 0 Å². The van der Waals surface area contributed by atoms with Crippen LogP contribution < -0.4 is 5.73 Å². The van der Waals surface area contributed by atoms with Crippen LogP contribution in [-0.2, 0) is 14.3 Å². The van der Waals surface area contributed by atoms with Gasteiger partial charge in [-0.3, -0.25) is 4.79 Å². The highest BCUT2D eigenvalue weighted by Crippen LogP contribution is 2.13. The third-order valence-electron chi connectivity index (χ3n) is 4.63. The summed E-state index contributed by atoms with van der Waals surface area (Å²) in [4.78, 5) is 21.7. The molecule has 0 aromatic rings. The molecule has 0 aliphatic rings. The van der Waals surface area contributed by atoms with E-state index in [2.05, 4.69) is 6.92 Å². The average molecular weight is 368 g/mol. The second-order valence-electron chi connectivity index (χ2n) is 7.21. The number of hydrogen-bond acceptors (Lipinski definition) is 3. The molecule has 0 aliphatic carbocycles. The summed E-state index contributed by atoms with van der Waals surface area (Å²) in [5.41, 5.74) is 4.90. The Morgan fingerprint density at radius 2 is 1.04 bits per heavy atom. The van der Waals surface area contributed by atoms with E-state index in [4.69, 9.17) is 10.5 Å². The molecule has 26 heavy (non-hydrogen) atoms. The van der Waals surface area contributed by atoms with Crippen molar-refractivity contribution in [2.45, 2.75) is 110 Å². The summed E-state index contributed by atoms with van der Waals surface area (Å²) in [7, 11) is 0. The number of nitrogens with two attached hydrogens (primary N) is 1. The van der Waals surface area contributed by atoms with Crippen LogP contribution in [0.25, 0.3) is 0 Å². The fourth-order valence-electron chi connectivity index (χ4n) is 3.02. The van der Waals surface area contributed by atoms with Crippen molar-refractivity contribution in [3.8, 4) is 0 Å². The van der Waals surface area contributed by atoms with E-state index in [9.17, 15) is 9.59 Å². The minimum absolute atomic E-state index is 0.417. The first kappa shape index (κ1) is 24.7. The molecule has 0 saturated carbocycles. The van der Waals surface area contributed by atoms with Crippen LogP contribution in [-0.4, -0.2) is 18.5 Å². The van der Waals surface area contributed by atoms with Gasteiger partial charge in [0.2, 0.25) is 5.91 Å². The normalized spacial score (nSPS) is 11.1. The van der Waals surface area contributed by atoms with Crippen LogP contribution in [0, 0.1) is 0 Å². The number of amides is 1. The molecule has 4 nitrogen and oxygen atoms in total. The van der Waals surface area contributed by atoms with Gasteiger partial charge in [-0.05, 0) is 6.42 Å². The van der Waals surface area contributed by atoms with E-state index in [1.807, 2.05) is 0 Å². The number of primary amides is 1. The molecule has 0 aromatic heterocycles. The minimum Gasteiger partial charge on any atom is -0.463 e. The summed E-state index contributed by atoms with van der Waals surface area (Å²) in [6.45, 7) is 2.69. The Kier molecular flexibility index (Phi) is 19.0. The molecule has 0 rings (SSSR count). The van der Waals surface area contributed by atoms with Crippen molar-refractivity contribution >= 4 is 11.9 Å². The van der Waals surface area contributed by atoms with Crippen molar-refractivity contribution in [2.24, 2.45) is 5.73 Å². The van der Waals surface area contributed by atoms with E-state index < -0.39 is 11.9 Å². The van der Waals surface area contributed by atoms with E-state index >= 15 is 0 Å². The first-order valence-corrected chi connectivity index (χ1v) is 10.8.